The molecule has 0 spiro atoms. The standard InChI is InChI=1S/C14H21ClN2O/c1-10(2)17-14(18)7-6-12(9-16)11-4-3-5-13(15)8-11/h3-5,8,10,12H,6-7,9,16H2,1-2H3,(H,17,18). The van der Waals surface area contributed by atoms with E-state index in [1.54, 1.807) is 0 Å². The smallest absolute Gasteiger partial charge is 0.220 e. The number of amides is 1. The van der Waals surface area contributed by atoms with Crippen LogP contribution in [0.5, 0.6) is 0 Å². The molecule has 0 aliphatic carbocycles. The van der Waals surface area contributed by atoms with Gasteiger partial charge < -0.3 is 11.1 Å². The lowest BCUT2D eigenvalue weighted by Gasteiger charge is -2.16. The van der Waals surface area contributed by atoms with Crippen LogP contribution in [0, 0.1) is 0 Å². The SMILES string of the molecule is CC(C)NC(=O)CCC(CN)c1cccc(Cl)c1. The predicted molar refractivity (Wildman–Crippen MR) is 75.8 cm³/mol. The molecule has 1 aromatic rings. The Morgan fingerprint density at radius 1 is 1.44 bits per heavy atom. The van der Waals surface area contributed by atoms with Gasteiger partial charge in [0.2, 0.25) is 5.91 Å². The zero-order valence-electron chi connectivity index (χ0n) is 10.9. The van der Waals surface area contributed by atoms with Crippen molar-refractivity contribution in [3.05, 3.63) is 34.9 Å². The minimum Gasteiger partial charge on any atom is -0.354 e. The van der Waals surface area contributed by atoms with Crippen LogP contribution >= 0.6 is 11.6 Å². The number of benzene rings is 1. The molecule has 0 radical (unpaired) electrons. The van der Waals surface area contributed by atoms with E-state index in [1.807, 2.05) is 38.1 Å². The molecule has 18 heavy (non-hydrogen) atoms. The highest BCUT2D eigenvalue weighted by Crippen LogP contribution is 2.22. The topological polar surface area (TPSA) is 55.1 Å². The summed E-state index contributed by atoms with van der Waals surface area (Å²) < 4.78 is 0. The van der Waals surface area contributed by atoms with E-state index in [2.05, 4.69) is 5.32 Å². The molecule has 0 bridgehead atoms. The van der Waals surface area contributed by atoms with E-state index in [4.69, 9.17) is 17.3 Å². The van der Waals surface area contributed by atoms with Gasteiger partial charge in [0.1, 0.15) is 0 Å². The second-order valence-corrected chi connectivity index (χ2v) is 5.18. The van der Waals surface area contributed by atoms with Crippen LogP contribution in [0.1, 0.15) is 38.2 Å². The van der Waals surface area contributed by atoms with Gasteiger partial charge in [-0.15, -0.1) is 0 Å². The zero-order valence-corrected chi connectivity index (χ0v) is 11.7. The van der Waals surface area contributed by atoms with E-state index in [0.717, 1.165) is 12.0 Å². The molecular formula is C14H21ClN2O. The molecule has 1 rings (SSSR count). The Kier molecular flexibility index (Phi) is 6.16. The van der Waals surface area contributed by atoms with Crippen LogP contribution in [0.3, 0.4) is 0 Å². The summed E-state index contributed by atoms with van der Waals surface area (Å²) >= 11 is 5.96. The maximum Gasteiger partial charge on any atom is 0.220 e. The molecule has 0 saturated carbocycles. The van der Waals surface area contributed by atoms with E-state index in [1.165, 1.54) is 0 Å². The van der Waals surface area contributed by atoms with Crippen molar-refractivity contribution < 1.29 is 4.79 Å². The highest BCUT2D eigenvalue weighted by atomic mass is 35.5. The van der Waals surface area contributed by atoms with Gasteiger partial charge in [0.05, 0.1) is 0 Å². The van der Waals surface area contributed by atoms with Crippen LogP contribution < -0.4 is 11.1 Å². The summed E-state index contributed by atoms with van der Waals surface area (Å²) in [5, 5.41) is 3.59. The Hall–Kier alpha value is -1.06. The number of carbonyl (C=O) groups is 1. The van der Waals surface area contributed by atoms with Crippen LogP contribution in [0.25, 0.3) is 0 Å². The lowest BCUT2D eigenvalue weighted by molar-refractivity contribution is -0.121. The average Bonchev–Trinajstić information content (AvgIpc) is 2.29. The largest absolute Gasteiger partial charge is 0.354 e. The maximum absolute atomic E-state index is 11.6. The van der Waals surface area contributed by atoms with Crippen molar-refractivity contribution in [2.75, 3.05) is 6.54 Å². The van der Waals surface area contributed by atoms with Crippen LogP contribution in [-0.4, -0.2) is 18.5 Å². The van der Waals surface area contributed by atoms with Crippen molar-refractivity contribution >= 4 is 17.5 Å². The highest BCUT2D eigenvalue weighted by Gasteiger charge is 2.12. The van der Waals surface area contributed by atoms with Crippen LogP contribution in [-0.2, 0) is 4.79 Å². The van der Waals surface area contributed by atoms with Gasteiger partial charge in [-0.05, 0) is 50.4 Å². The quantitative estimate of drug-likeness (QED) is 0.833. The molecule has 0 aromatic heterocycles. The van der Waals surface area contributed by atoms with E-state index in [9.17, 15) is 4.79 Å². The monoisotopic (exact) mass is 268 g/mol. The van der Waals surface area contributed by atoms with E-state index in [-0.39, 0.29) is 17.9 Å². The fraction of sp³-hybridized carbons (Fsp3) is 0.500. The molecule has 3 nitrogen and oxygen atoms in total. The molecular weight excluding hydrogens is 248 g/mol. The molecule has 0 fully saturated rings. The Bertz CT molecular complexity index is 393. The summed E-state index contributed by atoms with van der Waals surface area (Å²) in [5.74, 6) is 0.257. The molecule has 1 unspecified atom stereocenters. The maximum atomic E-state index is 11.6. The summed E-state index contributed by atoms with van der Waals surface area (Å²) in [6.07, 6.45) is 1.24. The third kappa shape index (κ3) is 5.07. The third-order valence-corrected chi connectivity index (χ3v) is 3.01. The van der Waals surface area contributed by atoms with Crippen molar-refractivity contribution in [3.63, 3.8) is 0 Å². The molecule has 3 N–H and O–H groups in total. The second-order valence-electron chi connectivity index (χ2n) is 4.75. The molecule has 1 amide bonds. The predicted octanol–water partition coefficient (Wildman–Crippen LogP) is 2.69. The first kappa shape index (κ1) is 15.0. The molecule has 100 valence electrons. The number of nitrogens with two attached hydrogens (primary N) is 1. The van der Waals surface area contributed by atoms with E-state index >= 15 is 0 Å². The van der Waals surface area contributed by atoms with Gasteiger partial charge in [-0.2, -0.15) is 0 Å². The number of hydrogen-bond donors (Lipinski definition) is 2. The zero-order chi connectivity index (χ0) is 13.5. The van der Waals surface area contributed by atoms with Crippen LogP contribution in [0.4, 0.5) is 0 Å². The van der Waals surface area contributed by atoms with Crippen LogP contribution in [0.2, 0.25) is 5.02 Å². The number of nitrogens with one attached hydrogen (secondary N) is 1. The number of hydrogen-bond acceptors (Lipinski definition) is 2. The van der Waals surface area contributed by atoms with Gasteiger partial charge in [0.25, 0.3) is 0 Å². The first-order valence-corrected chi connectivity index (χ1v) is 6.65. The van der Waals surface area contributed by atoms with Gasteiger partial charge in [0.15, 0.2) is 0 Å². The third-order valence-electron chi connectivity index (χ3n) is 2.77. The molecule has 0 aliphatic heterocycles. The lowest BCUT2D eigenvalue weighted by atomic mass is 9.94. The van der Waals surface area contributed by atoms with Gasteiger partial charge in [-0.3, -0.25) is 4.79 Å². The van der Waals surface area contributed by atoms with Crippen molar-refractivity contribution in [1.82, 2.24) is 5.32 Å². The van der Waals surface area contributed by atoms with Gasteiger partial charge >= 0.3 is 0 Å². The van der Waals surface area contributed by atoms with Crippen molar-refractivity contribution in [3.8, 4) is 0 Å². The number of halogens is 1. The fourth-order valence-corrected chi connectivity index (χ4v) is 2.08. The number of carbonyl (C=O) groups excluding carboxylic acids is 1. The highest BCUT2D eigenvalue weighted by molar-refractivity contribution is 6.30. The fourth-order valence-electron chi connectivity index (χ4n) is 1.88. The molecule has 0 aliphatic rings. The van der Waals surface area contributed by atoms with E-state index in [0.29, 0.717) is 18.0 Å². The Labute approximate surface area is 114 Å². The second kappa shape index (κ2) is 7.39. The van der Waals surface area contributed by atoms with Gasteiger partial charge in [-0.25, -0.2) is 0 Å². The Morgan fingerprint density at radius 2 is 2.17 bits per heavy atom. The van der Waals surface area contributed by atoms with Crippen molar-refractivity contribution in [1.29, 1.82) is 0 Å². The molecule has 4 heteroatoms. The molecule has 0 heterocycles. The first-order valence-electron chi connectivity index (χ1n) is 6.27. The molecule has 1 atom stereocenters. The average molecular weight is 269 g/mol. The first-order chi connectivity index (χ1) is 8.52. The van der Waals surface area contributed by atoms with Gasteiger partial charge in [-0.1, -0.05) is 23.7 Å². The molecule has 1 aromatic carbocycles. The van der Waals surface area contributed by atoms with Crippen molar-refractivity contribution in [2.45, 2.75) is 38.6 Å². The minimum atomic E-state index is 0.0745. The van der Waals surface area contributed by atoms with Crippen LogP contribution in [0.15, 0.2) is 24.3 Å². The van der Waals surface area contributed by atoms with Crippen molar-refractivity contribution in [2.24, 2.45) is 5.73 Å². The summed E-state index contributed by atoms with van der Waals surface area (Å²) in [7, 11) is 0. The molecule has 0 saturated heterocycles. The summed E-state index contributed by atoms with van der Waals surface area (Å²) in [6.45, 7) is 4.43. The normalized spacial score (nSPS) is 12.5. The Morgan fingerprint density at radius 3 is 2.72 bits per heavy atom. The Balaban J connectivity index is 2.55. The minimum absolute atomic E-state index is 0.0745. The summed E-state index contributed by atoms with van der Waals surface area (Å²) in [5.41, 5.74) is 6.87. The lowest BCUT2D eigenvalue weighted by Crippen LogP contribution is -2.30. The number of rotatable bonds is 6. The van der Waals surface area contributed by atoms with E-state index < -0.39 is 0 Å². The summed E-state index contributed by atoms with van der Waals surface area (Å²) in [6, 6.07) is 7.85. The summed E-state index contributed by atoms with van der Waals surface area (Å²) in [4.78, 5) is 11.6. The van der Waals surface area contributed by atoms with Gasteiger partial charge in [0, 0.05) is 17.5 Å².